The van der Waals surface area contributed by atoms with Gasteiger partial charge in [0.05, 0.1) is 0 Å². The van der Waals surface area contributed by atoms with Gasteiger partial charge in [-0.2, -0.15) is 0 Å². The van der Waals surface area contributed by atoms with Crippen molar-refractivity contribution >= 4 is 15.9 Å². The van der Waals surface area contributed by atoms with E-state index in [0.29, 0.717) is 11.6 Å². The molecule has 0 heterocycles. The molecule has 1 fully saturated rings. The zero-order chi connectivity index (χ0) is 11.0. The van der Waals surface area contributed by atoms with E-state index in [1.54, 1.807) is 13.0 Å². The molecule has 1 atom stereocenters. The molecule has 0 radical (unpaired) electrons. The second-order valence-electron chi connectivity index (χ2n) is 4.27. The molecule has 0 aromatic heterocycles. The second kappa shape index (κ2) is 4.22. The first-order chi connectivity index (χ1) is 7.08. The van der Waals surface area contributed by atoms with Crippen molar-refractivity contribution in [2.75, 3.05) is 0 Å². The van der Waals surface area contributed by atoms with Crippen LogP contribution in [0.2, 0.25) is 0 Å². The van der Waals surface area contributed by atoms with Gasteiger partial charge in [-0.05, 0) is 49.9 Å². The lowest BCUT2D eigenvalue weighted by Gasteiger charge is -2.15. The Bertz CT molecular complexity index is 351. The summed E-state index contributed by atoms with van der Waals surface area (Å²) in [7, 11) is 0. The van der Waals surface area contributed by atoms with Crippen LogP contribution in [0.25, 0.3) is 0 Å². The highest BCUT2D eigenvalue weighted by atomic mass is 79.9. The first-order valence-corrected chi connectivity index (χ1v) is 6.09. The smallest absolute Gasteiger partial charge is 0.127 e. The molecule has 0 amide bonds. The van der Waals surface area contributed by atoms with Crippen molar-refractivity contribution in [2.24, 2.45) is 0 Å². The maximum absolute atomic E-state index is 13.5. The fourth-order valence-corrected chi connectivity index (χ4v) is 2.07. The van der Waals surface area contributed by atoms with Gasteiger partial charge >= 0.3 is 0 Å². The van der Waals surface area contributed by atoms with E-state index in [9.17, 15) is 4.39 Å². The first kappa shape index (κ1) is 11.1. The van der Waals surface area contributed by atoms with Gasteiger partial charge in [0, 0.05) is 16.6 Å². The fraction of sp³-hybridized carbons (Fsp3) is 0.500. The standard InChI is InChI=1S/C12H15BrFN/c1-7-11(13)5-9(6-12(7)14)8(2)15-10-3-4-10/h5-6,8,10,15H,3-4H2,1-2H3. The molecule has 0 spiro atoms. The van der Waals surface area contributed by atoms with Crippen molar-refractivity contribution in [3.63, 3.8) is 0 Å². The van der Waals surface area contributed by atoms with E-state index in [2.05, 4.69) is 28.2 Å². The highest BCUT2D eigenvalue weighted by molar-refractivity contribution is 9.10. The Labute approximate surface area is 98.2 Å². The molecule has 1 aromatic rings. The van der Waals surface area contributed by atoms with Crippen LogP contribution in [0.15, 0.2) is 16.6 Å². The summed E-state index contributed by atoms with van der Waals surface area (Å²) < 4.78 is 14.3. The quantitative estimate of drug-likeness (QED) is 0.884. The Morgan fingerprint density at radius 3 is 2.67 bits per heavy atom. The normalized spacial score (nSPS) is 17.9. The van der Waals surface area contributed by atoms with E-state index in [0.717, 1.165) is 10.0 Å². The van der Waals surface area contributed by atoms with Crippen LogP contribution < -0.4 is 5.32 Å². The lowest BCUT2D eigenvalue weighted by molar-refractivity contribution is 0.559. The van der Waals surface area contributed by atoms with E-state index in [1.165, 1.54) is 12.8 Å². The average molecular weight is 272 g/mol. The van der Waals surface area contributed by atoms with Crippen LogP contribution in [0, 0.1) is 12.7 Å². The summed E-state index contributed by atoms with van der Waals surface area (Å²) in [5, 5.41) is 3.46. The van der Waals surface area contributed by atoms with E-state index >= 15 is 0 Å². The predicted molar refractivity (Wildman–Crippen MR) is 63.4 cm³/mol. The van der Waals surface area contributed by atoms with Gasteiger partial charge in [0.1, 0.15) is 5.82 Å². The molecule has 1 nitrogen and oxygen atoms in total. The van der Waals surface area contributed by atoms with Crippen LogP contribution >= 0.6 is 15.9 Å². The van der Waals surface area contributed by atoms with Gasteiger partial charge in [0.25, 0.3) is 0 Å². The van der Waals surface area contributed by atoms with E-state index in [4.69, 9.17) is 0 Å². The molecule has 0 bridgehead atoms. The molecule has 2 rings (SSSR count). The van der Waals surface area contributed by atoms with Crippen molar-refractivity contribution in [1.29, 1.82) is 0 Å². The predicted octanol–water partition coefficient (Wildman–Crippen LogP) is 3.71. The molecular formula is C12H15BrFN. The number of nitrogens with one attached hydrogen (secondary N) is 1. The Morgan fingerprint density at radius 2 is 2.13 bits per heavy atom. The molecule has 1 aromatic carbocycles. The summed E-state index contributed by atoms with van der Waals surface area (Å²) in [6.45, 7) is 3.86. The van der Waals surface area contributed by atoms with Gasteiger partial charge in [-0.3, -0.25) is 0 Å². The number of halogens is 2. The van der Waals surface area contributed by atoms with Crippen molar-refractivity contribution < 1.29 is 4.39 Å². The van der Waals surface area contributed by atoms with Crippen LogP contribution in [-0.4, -0.2) is 6.04 Å². The molecule has 82 valence electrons. The second-order valence-corrected chi connectivity index (χ2v) is 5.13. The number of hydrogen-bond acceptors (Lipinski definition) is 1. The minimum Gasteiger partial charge on any atom is -0.307 e. The Balaban J connectivity index is 2.19. The molecule has 1 N–H and O–H groups in total. The number of benzene rings is 1. The molecule has 1 saturated carbocycles. The summed E-state index contributed by atoms with van der Waals surface area (Å²) in [6, 6.07) is 4.49. The zero-order valence-corrected chi connectivity index (χ0v) is 10.6. The summed E-state index contributed by atoms with van der Waals surface area (Å²) in [6.07, 6.45) is 2.50. The highest BCUT2D eigenvalue weighted by Crippen LogP contribution is 2.27. The molecule has 0 saturated heterocycles. The summed E-state index contributed by atoms with van der Waals surface area (Å²) in [5.41, 5.74) is 1.69. The first-order valence-electron chi connectivity index (χ1n) is 5.29. The molecule has 3 heteroatoms. The van der Waals surface area contributed by atoms with Crippen molar-refractivity contribution in [3.8, 4) is 0 Å². The van der Waals surface area contributed by atoms with Crippen LogP contribution in [0.3, 0.4) is 0 Å². The lowest BCUT2D eigenvalue weighted by atomic mass is 10.1. The van der Waals surface area contributed by atoms with Gasteiger partial charge in [-0.25, -0.2) is 4.39 Å². The minimum atomic E-state index is -0.135. The van der Waals surface area contributed by atoms with E-state index in [1.807, 2.05) is 6.07 Å². The SMILES string of the molecule is Cc1c(F)cc(C(C)NC2CC2)cc1Br. The Morgan fingerprint density at radius 1 is 1.47 bits per heavy atom. The van der Waals surface area contributed by atoms with Crippen molar-refractivity contribution in [2.45, 2.75) is 38.8 Å². The average Bonchev–Trinajstić information content (AvgIpc) is 2.97. The zero-order valence-electron chi connectivity index (χ0n) is 8.98. The van der Waals surface area contributed by atoms with Crippen molar-refractivity contribution in [1.82, 2.24) is 5.32 Å². The maximum atomic E-state index is 13.5. The Hall–Kier alpha value is -0.410. The third-order valence-electron chi connectivity index (χ3n) is 2.87. The van der Waals surface area contributed by atoms with E-state index < -0.39 is 0 Å². The maximum Gasteiger partial charge on any atom is 0.127 e. The van der Waals surface area contributed by atoms with Gasteiger partial charge in [0.2, 0.25) is 0 Å². The minimum absolute atomic E-state index is 0.135. The fourth-order valence-electron chi connectivity index (χ4n) is 1.61. The van der Waals surface area contributed by atoms with Crippen molar-refractivity contribution in [3.05, 3.63) is 33.5 Å². The number of rotatable bonds is 3. The summed E-state index contributed by atoms with van der Waals surface area (Å²) in [5.74, 6) is -0.135. The molecule has 0 aliphatic heterocycles. The van der Waals surface area contributed by atoms with Gasteiger partial charge in [-0.15, -0.1) is 0 Å². The van der Waals surface area contributed by atoms with Crippen LogP contribution in [0.5, 0.6) is 0 Å². The van der Waals surface area contributed by atoms with Gasteiger partial charge in [-0.1, -0.05) is 15.9 Å². The van der Waals surface area contributed by atoms with Crippen LogP contribution in [0.4, 0.5) is 4.39 Å². The largest absolute Gasteiger partial charge is 0.307 e. The summed E-state index contributed by atoms with van der Waals surface area (Å²) in [4.78, 5) is 0. The molecule has 1 aliphatic carbocycles. The van der Waals surface area contributed by atoms with Crippen LogP contribution in [-0.2, 0) is 0 Å². The molecule has 1 unspecified atom stereocenters. The third kappa shape index (κ3) is 2.58. The number of hydrogen-bond donors (Lipinski definition) is 1. The molecular weight excluding hydrogens is 257 g/mol. The Kier molecular flexibility index (Phi) is 3.12. The van der Waals surface area contributed by atoms with E-state index in [-0.39, 0.29) is 11.9 Å². The highest BCUT2D eigenvalue weighted by Gasteiger charge is 2.23. The van der Waals surface area contributed by atoms with Gasteiger partial charge in [0.15, 0.2) is 0 Å². The molecule has 1 aliphatic rings. The monoisotopic (exact) mass is 271 g/mol. The molecule has 15 heavy (non-hydrogen) atoms. The van der Waals surface area contributed by atoms with Gasteiger partial charge < -0.3 is 5.32 Å². The summed E-state index contributed by atoms with van der Waals surface area (Å²) >= 11 is 3.38. The topological polar surface area (TPSA) is 12.0 Å². The lowest BCUT2D eigenvalue weighted by Crippen LogP contribution is -2.20. The third-order valence-corrected chi connectivity index (χ3v) is 3.69. The van der Waals surface area contributed by atoms with Crippen LogP contribution in [0.1, 0.15) is 36.9 Å².